The Morgan fingerprint density at radius 1 is 1.08 bits per heavy atom. The van der Waals surface area contributed by atoms with Crippen LogP contribution in [0.4, 0.5) is 4.39 Å². The van der Waals surface area contributed by atoms with Gasteiger partial charge in [0.25, 0.3) is 0 Å². The number of benzene rings is 3. The standard InChI is InChI=1S/C29H27FN2O5/c1-3-5-14-35-24-13-10-18(15-26(24)34-4-2)27-21-12-11-19(16-25(21)37-28(32)22(27)17-31)36-29(33)20-8-6-7-9-23(20)30/h6-13,15-16,27H,3-5,14,32H2,1-2H3. The molecule has 7 nitrogen and oxygen atoms in total. The molecule has 0 radical (unpaired) electrons. The quantitative estimate of drug-likeness (QED) is 0.223. The first-order valence-corrected chi connectivity index (χ1v) is 12.0. The number of hydrogen-bond donors (Lipinski definition) is 1. The molecule has 0 amide bonds. The van der Waals surface area contributed by atoms with Crippen LogP contribution in [0.5, 0.6) is 23.0 Å². The van der Waals surface area contributed by atoms with Crippen molar-refractivity contribution in [2.75, 3.05) is 13.2 Å². The Kier molecular flexibility index (Phi) is 7.94. The number of nitrogens with two attached hydrogens (primary N) is 1. The van der Waals surface area contributed by atoms with E-state index in [1.165, 1.54) is 24.3 Å². The fourth-order valence-corrected chi connectivity index (χ4v) is 4.05. The Balaban J connectivity index is 1.68. The van der Waals surface area contributed by atoms with Gasteiger partial charge in [0.2, 0.25) is 5.88 Å². The molecule has 190 valence electrons. The number of halogens is 1. The molecule has 1 atom stereocenters. The summed E-state index contributed by atoms with van der Waals surface area (Å²) in [4.78, 5) is 12.5. The average molecular weight is 503 g/mol. The molecule has 0 aromatic heterocycles. The third kappa shape index (κ3) is 5.51. The van der Waals surface area contributed by atoms with Crippen molar-refractivity contribution in [3.8, 4) is 29.1 Å². The number of fused-ring (bicyclic) bond motifs is 1. The summed E-state index contributed by atoms with van der Waals surface area (Å²) in [7, 11) is 0. The van der Waals surface area contributed by atoms with Crippen molar-refractivity contribution in [3.63, 3.8) is 0 Å². The highest BCUT2D eigenvalue weighted by Crippen LogP contribution is 2.45. The van der Waals surface area contributed by atoms with Crippen LogP contribution in [0.15, 0.2) is 72.1 Å². The van der Waals surface area contributed by atoms with E-state index in [4.69, 9.17) is 24.7 Å². The van der Waals surface area contributed by atoms with E-state index in [1.807, 2.05) is 25.1 Å². The Hall–Kier alpha value is -4.51. The van der Waals surface area contributed by atoms with Crippen LogP contribution in [0.3, 0.4) is 0 Å². The van der Waals surface area contributed by atoms with Crippen LogP contribution in [0.1, 0.15) is 54.1 Å². The van der Waals surface area contributed by atoms with Crippen LogP contribution in [-0.2, 0) is 0 Å². The molecule has 4 rings (SSSR count). The summed E-state index contributed by atoms with van der Waals surface area (Å²) in [6, 6.07) is 18.0. The molecule has 1 aliphatic rings. The maximum Gasteiger partial charge on any atom is 0.346 e. The number of nitrogens with zero attached hydrogens (tertiary/aromatic N) is 1. The lowest BCUT2D eigenvalue weighted by Crippen LogP contribution is -2.21. The number of carbonyl (C=O) groups excluding carboxylic acids is 1. The Labute approximate surface area is 214 Å². The van der Waals surface area contributed by atoms with Crippen LogP contribution in [-0.4, -0.2) is 19.2 Å². The number of hydrogen-bond acceptors (Lipinski definition) is 7. The van der Waals surface area contributed by atoms with E-state index in [-0.39, 0.29) is 22.8 Å². The Morgan fingerprint density at radius 2 is 1.89 bits per heavy atom. The number of ether oxygens (including phenoxy) is 4. The molecule has 37 heavy (non-hydrogen) atoms. The van der Waals surface area contributed by atoms with Gasteiger partial charge in [-0.1, -0.05) is 37.6 Å². The van der Waals surface area contributed by atoms with E-state index in [2.05, 4.69) is 13.0 Å². The van der Waals surface area contributed by atoms with E-state index in [0.29, 0.717) is 36.0 Å². The first kappa shape index (κ1) is 25.6. The number of rotatable bonds is 9. The van der Waals surface area contributed by atoms with Gasteiger partial charge in [-0.05, 0) is 49.2 Å². The van der Waals surface area contributed by atoms with Crippen LogP contribution < -0.4 is 24.7 Å². The predicted octanol–water partition coefficient (Wildman–Crippen LogP) is 5.84. The van der Waals surface area contributed by atoms with E-state index in [1.54, 1.807) is 18.2 Å². The Bertz CT molecular complexity index is 1380. The number of esters is 1. The minimum absolute atomic E-state index is 0.0567. The van der Waals surface area contributed by atoms with Crippen LogP contribution in [0, 0.1) is 17.1 Å². The predicted molar refractivity (Wildman–Crippen MR) is 135 cm³/mol. The third-order valence-corrected chi connectivity index (χ3v) is 5.85. The highest BCUT2D eigenvalue weighted by molar-refractivity contribution is 5.91. The van der Waals surface area contributed by atoms with Gasteiger partial charge in [-0.2, -0.15) is 5.26 Å². The monoisotopic (exact) mass is 502 g/mol. The van der Waals surface area contributed by atoms with Crippen molar-refractivity contribution < 1.29 is 28.1 Å². The van der Waals surface area contributed by atoms with Crippen LogP contribution >= 0.6 is 0 Å². The molecule has 3 aromatic carbocycles. The van der Waals surface area contributed by atoms with Crippen molar-refractivity contribution in [3.05, 3.63) is 94.6 Å². The van der Waals surface area contributed by atoms with E-state index in [0.717, 1.165) is 18.4 Å². The molecule has 0 saturated carbocycles. The zero-order valence-electron chi connectivity index (χ0n) is 20.6. The highest BCUT2D eigenvalue weighted by Gasteiger charge is 2.32. The van der Waals surface area contributed by atoms with Gasteiger partial charge in [-0.15, -0.1) is 0 Å². The third-order valence-electron chi connectivity index (χ3n) is 5.85. The summed E-state index contributed by atoms with van der Waals surface area (Å²) in [5.74, 6) is -0.470. The topological polar surface area (TPSA) is 104 Å². The number of nitriles is 1. The molecule has 2 N–H and O–H groups in total. The van der Waals surface area contributed by atoms with E-state index in [9.17, 15) is 14.4 Å². The van der Waals surface area contributed by atoms with E-state index >= 15 is 0 Å². The van der Waals surface area contributed by atoms with Gasteiger partial charge in [0.15, 0.2) is 11.5 Å². The summed E-state index contributed by atoms with van der Waals surface area (Å²) >= 11 is 0. The van der Waals surface area contributed by atoms with Gasteiger partial charge in [0.1, 0.15) is 29.0 Å². The molecular formula is C29H27FN2O5. The number of carbonyl (C=O) groups is 1. The van der Waals surface area contributed by atoms with Crippen LogP contribution in [0.2, 0.25) is 0 Å². The molecule has 3 aromatic rings. The molecule has 0 bridgehead atoms. The normalized spacial score (nSPS) is 14.3. The van der Waals surface area contributed by atoms with Crippen molar-refractivity contribution in [1.82, 2.24) is 0 Å². The maximum atomic E-state index is 14.0. The number of allylic oxidation sites excluding steroid dienone is 1. The molecular weight excluding hydrogens is 475 g/mol. The second-order valence-electron chi connectivity index (χ2n) is 8.34. The Morgan fingerprint density at radius 3 is 2.62 bits per heavy atom. The molecule has 0 saturated heterocycles. The minimum atomic E-state index is -0.841. The van der Waals surface area contributed by atoms with Crippen molar-refractivity contribution >= 4 is 5.97 Å². The summed E-state index contributed by atoms with van der Waals surface area (Å²) in [6.07, 6.45) is 1.93. The SMILES string of the molecule is CCCCOc1ccc(C2C(C#N)=C(N)Oc3cc(OC(=O)c4ccccc4F)ccc32)cc1OCC. The molecule has 0 spiro atoms. The molecule has 8 heteroatoms. The van der Waals surface area contributed by atoms with Gasteiger partial charge in [0.05, 0.1) is 24.7 Å². The van der Waals surface area contributed by atoms with Crippen molar-refractivity contribution in [2.24, 2.45) is 5.73 Å². The van der Waals surface area contributed by atoms with Gasteiger partial charge in [0, 0.05) is 11.6 Å². The van der Waals surface area contributed by atoms with Crippen molar-refractivity contribution in [1.29, 1.82) is 5.26 Å². The molecule has 0 aliphatic carbocycles. The lowest BCUT2D eigenvalue weighted by atomic mass is 9.83. The number of unbranched alkanes of at least 4 members (excludes halogenated alkanes) is 1. The fourth-order valence-electron chi connectivity index (χ4n) is 4.05. The molecule has 1 heterocycles. The van der Waals surface area contributed by atoms with Gasteiger partial charge in [-0.25, -0.2) is 9.18 Å². The molecule has 1 unspecified atom stereocenters. The largest absolute Gasteiger partial charge is 0.490 e. The summed E-state index contributed by atoms with van der Waals surface area (Å²) in [5, 5.41) is 9.89. The fraction of sp³-hybridized carbons (Fsp3) is 0.241. The molecule has 1 aliphatic heterocycles. The first-order chi connectivity index (χ1) is 18.0. The lowest BCUT2D eigenvalue weighted by molar-refractivity contribution is 0.0729. The zero-order valence-corrected chi connectivity index (χ0v) is 20.6. The highest BCUT2D eigenvalue weighted by atomic mass is 19.1. The minimum Gasteiger partial charge on any atom is -0.490 e. The van der Waals surface area contributed by atoms with Gasteiger partial charge < -0.3 is 24.7 Å². The smallest absolute Gasteiger partial charge is 0.346 e. The second kappa shape index (κ2) is 11.5. The van der Waals surface area contributed by atoms with E-state index < -0.39 is 17.7 Å². The molecule has 0 fully saturated rings. The summed E-state index contributed by atoms with van der Waals surface area (Å²) < 4.78 is 36.8. The summed E-state index contributed by atoms with van der Waals surface area (Å²) in [5.41, 5.74) is 7.59. The summed E-state index contributed by atoms with van der Waals surface area (Å²) in [6.45, 7) is 4.98. The second-order valence-corrected chi connectivity index (χ2v) is 8.34. The van der Waals surface area contributed by atoms with Gasteiger partial charge >= 0.3 is 5.97 Å². The average Bonchev–Trinajstić information content (AvgIpc) is 2.89. The first-order valence-electron chi connectivity index (χ1n) is 12.0. The van der Waals surface area contributed by atoms with Crippen molar-refractivity contribution in [2.45, 2.75) is 32.6 Å². The van der Waals surface area contributed by atoms with Gasteiger partial charge in [-0.3, -0.25) is 0 Å². The van der Waals surface area contributed by atoms with Crippen LogP contribution in [0.25, 0.3) is 0 Å². The lowest BCUT2D eigenvalue weighted by Gasteiger charge is -2.27. The zero-order chi connectivity index (χ0) is 26.4. The maximum absolute atomic E-state index is 14.0.